The number of H-pyrrole nitrogens is 1. The van der Waals surface area contributed by atoms with Crippen LogP contribution in [0.3, 0.4) is 0 Å². The van der Waals surface area contributed by atoms with Crippen molar-refractivity contribution in [3.8, 4) is 10.7 Å². The van der Waals surface area contributed by atoms with Crippen LogP contribution < -0.4 is 5.73 Å². The van der Waals surface area contributed by atoms with E-state index >= 15 is 0 Å². The second-order valence-corrected chi connectivity index (χ2v) is 5.71. The number of anilines is 1. The van der Waals surface area contributed by atoms with Gasteiger partial charge >= 0.3 is 0 Å². The molecule has 0 aliphatic carbocycles. The smallest absolute Gasteiger partial charge is 0.148 e. The highest BCUT2D eigenvalue weighted by atomic mass is 32.1. The molecule has 0 unspecified atom stereocenters. The van der Waals surface area contributed by atoms with Crippen LogP contribution in [0.25, 0.3) is 31.8 Å². The van der Waals surface area contributed by atoms with Crippen molar-refractivity contribution in [1.82, 2.24) is 9.97 Å². The molecule has 2 aromatic carbocycles. The van der Waals surface area contributed by atoms with Gasteiger partial charge < -0.3 is 10.7 Å². The Kier molecular flexibility index (Phi) is 2.31. The van der Waals surface area contributed by atoms with Gasteiger partial charge in [-0.3, -0.25) is 0 Å². The number of aromatic amines is 1. The number of nitrogens with one attached hydrogen (secondary N) is 1. The number of para-hydroxylation sites is 1. The fourth-order valence-electron chi connectivity index (χ4n) is 2.29. The van der Waals surface area contributed by atoms with Crippen molar-refractivity contribution in [3.63, 3.8) is 0 Å². The van der Waals surface area contributed by atoms with Crippen molar-refractivity contribution in [2.24, 2.45) is 0 Å². The molecule has 3 N–H and O–H groups in total. The molecule has 98 valence electrons. The molecule has 0 bridgehead atoms. The molecule has 20 heavy (non-hydrogen) atoms. The topological polar surface area (TPSA) is 54.7 Å². The summed E-state index contributed by atoms with van der Waals surface area (Å²) in [4.78, 5) is 8.76. The molecule has 0 saturated heterocycles. The molecule has 0 saturated carbocycles. The molecule has 4 rings (SSSR count). The number of fused-ring (bicyclic) bond motifs is 2. The Bertz CT molecular complexity index is 939. The Balaban J connectivity index is 1.94. The predicted molar refractivity (Wildman–Crippen MR) is 81.3 cm³/mol. The molecule has 5 heteroatoms. The number of aromatic nitrogens is 2. The number of hydrogen-bond donors (Lipinski definition) is 2. The maximum absolute atomic E-state index is 13.2. The summed E-state index contributed by atoms with van der Waals surface area (Å²) >= 11 is 1.51. The van der Waals surface area contributed by atoms with Crippen molar-refractivity contribution in [1.29, 1.82) is 0 Å². The third kappa shape index (κ3) is 1.67. The van der Waals surface area contributed by atoms with Gasteiger partial charge in [0.1, 0.15) is 17.2 Å². The first kappa shape index (κ1) is 11.4. The van der Waals surface area contributed by atoms with E-state index in [2.05, 4.69) is 9.97 Å². The van der Waals surface area contributed by atoms with Crippen molar-refractivity contribution in [2.75, 3.05) is 5.73 Å². The van der Waals surface area contributed by atoms with Crippen LogP contribution in [0.4, 0.5) is 10.1 Å². The lowest BCUT2D eigenvalue weighted by Crippen LogP contribution is -1.84. The van der Waals surface area contributed by atoms with Crippen molar-refractivity contribution in [2.45, 2.75) is 0 Å². The van der Waals surface area contributed by atoms with Gasteiger partial charge in [-0.15, -0.1) is 11.3 Å². The van der Waals surface area contributed by atoms with E-state index in [1.165, 1.54) is 17.4 Å². The lowest BCUT2D eigenvalue weighted by molar-refractivity contribution is 0.630. The number of halogens is 1. The van der Waals surface area contributed by atoms with Gasteiger partial charge in [0, 0.05) is 4.70 Å². The Morgan fingerprint density at radius 1 is 1.15 bits per heavy atom. The maximum Gasteiger partial charge on any atom is 0.148 e. The third-order valence-electron chi connectivity index (χ3n) is 3.26. The average molecular weight is 283 g/mol. The van der Waals surface area contributed by atoms with Crippen LogP contribution in [0.2, 0.25) is 0 Å². The van der Waals surface area contributed by atoms with Crippen LogP contribution in [0, 0.1) is 5.82 Å². The number of rotatable bonds is 1. The molecule has 0 fully saturated rings. The molecule has 0 radical (unpaired) electrons. The summed E-state index contributed by atoms with van der Waals surface area (Å²) in [7, 11) is 0. The number of imidazole rings is 1. The van der Waals surface area contributed by atoms with Gasteiger partial charge in [-0.25, -0.2) is 9.37 Å². The standard InChI is InChI=1S/C15H10FN3S/c16-9-5-4-8-6-13(20-12(8)7-9)15-18-11-3-1-2-10(17)14(11)19-15/h1-7H,17H2,(H,18,19). The number of hydrogen-bond acceptors (Lipinski definition) is 3. The second-order valence-electron chi connectivity index (χ2n) is 4.62. The molecular formula is C15H10FN3S. The zero-order valence-electron chi connectivity index (χ0n) is 10.4. The first-order valence-electron chi connectivity index (χ1n) is 6.14. The lowest BCUT2D eigenvalue weighted by Gasteiger charge is -1.90. The Morgan fingerprint density at radius 3 is 2.90 bits per heavy atom. The maximum atomic E-state index is 13.2. The van der Waals surface area contributed by atoms with Crippen molar-refractivity contribution in [3.05, 3.63) is 48.3 Å². The van der Waals surface area contributed by atoms with Crippen LogP contribution in [-0.4, -0.2) is 9.97 Å². The molecule has 0 aliphatic rings. The number of benzene rings is 2. The first-order valence-corrected chi connectivity index (χ1v) is 6.96. The van der Waals surface area contributed by atoms with Crippen LogP contribution >= 0.6 is 11.3 Å². The SMILES string of the molecule is Nc1cccc2[nH]c(-c3cc4ccc(F)cc4s3)nc12. The fourth-order valence-corrected chi connectivity index (χ4v) is 3.33. The highest BCUT2D eigenvalue weighted by Gasteiger charge is 2.10. The zero-order valence-corrected chi connectivity index (χ0v) is 11.2. The Hall–Kier alpha value is -2.40. The van der Waals surface area contributed by atoms with E-state index in [9.17, 15) is 4.39 Å². The van der Waals surface area contributed by atoms with Gasteiger partial charge in [0.2, 0.25) is 0 Å². The average Bonchev–Trinajstić information content (AvgIpc) is 3.01. The van der Waals surface area contributed by atoms with Gasteiger partial charge in [0.25, 0.3) is 0 Å². The minimum atomic E-state index is -0.222. The van der Waals surface area contributed by atoms with Gasteiger partial charge in [0.15, 0.2) is 0 Å². The molecular weight excluding hydrogens is 273 g/mol. The van der Waals surface area contributed by atoms with Gasteiger partial charge in [0.05, 0.1) is 16.1 Å². The van der Waals surface area contributed by atoms with E-state index in [0.717, 1.165) is 31.8 Å². The van der Waals surface area contributed by atoms with Crippen LogP contribution in [0.1, 0.15) is 0 Å². The van der Waals surface area contributed by atoms with E-state index in [1.807, 2.05) is 24.3 Å². The molecule has 0 amide bonds. The minimum Gasteiger partial charge on any atom is -0.397 e. The monoisotopic (exact) mass is 283 g/mol. The van der Waals surface area contributed by atoms with E-state index in [0.29, 0.717) is 5.69 Å². The van der Waals surface area contributed by atoms with Crippen LogP contribution in [-0.2, 0) is 0 Å². The quantitative estimate of drug-likeness (QED) is 0.515. The second kappa shape index (κ2) is 4.05. The summed E-state index contributed by atoms with van der Waals surface area (Å²) in [5.74, 6) is 0.541. The van der Waals surface area contributed by atoms with Gasteiger partial charge in [-0.1, -0.05) is 12.1 Å². The first-order chi connectivity index (χ1) is 9.70. The van der Waals surface area contributed by atoms with Crippen LogP contribution in [0.15, 0.2) is 42.5 Å². The van der Waals surface area contributed by atoms with Gasteiger partial charge in [-0.2, -0.15) is 0 Å². The minimum absolute atomic E-state index is 0.222. The van der Waals surface area contributed by atoms with E-state index in [4.69, 9.17) is 5.73 Å². The normalized spacial score (nSPS) is 11.4. The van der Waals surface area contributed by atoms with Crippen molar-refractivity contribution < 1.29 is 4.39 Å². The number of nitrogens with zero attached hydrogens (tertiary/aromatic N) is 1. The van der Waals surface area contributed by atoms with E-state index < -0.39 is 0 Å². The van der Waals surface area contributed by atoms with Crippen molar-refractivity contribution >= 4 is 38.1 Å². The van der Waals surface area contributed by atoms with Gasteiger partial charge in [-0.05, 0) is 35.7 Å². The number of nitrogens with two attached hydrogens (primary N) is 1. The Morgan fingerprint density at radius 2 is 2.05 bits per heavy atom. The molecule has 4 aromatic rings. The summed E-state index contributed by atoms with van der Waals surface area (Å²) in [6.45, 7) is 0. The highest BCUT2D eigenvalue weighted by Crippen LogP contribution is 2.34. The molecule has 2 aromatic heterocycles. The zero-order chi connectivity index (χ0) is 13.7. The Labute approximate surface area is 117 Å². The summed E-state index contributed by atoms with van der Waals surface area (Å²) in [6.07, 6.45) is 0. The molecule has 2 heterocycles. The predicted octanol–water partition coefficient (Wildman–Crippen LogP) is 4.17. The van der Waals surface area contributed by atoms with Crippen LogP contribution in [0.5, 0.6) is 0 Å². The van der Waals surface area contributed by atoms with E-state index in [-0.39, 0.29) is 5.82 Å². The third-order valence-corrected chi connectivity index (χ3v) is 4.36. The molecule has 0 atom stereocenters. The molecule has 0 aliphatic heterocycles. The fraction of sp³-hybridized carbons (Fsp3) is 0. The summed E-state index contributed by atoms with van der Waals surface area (Å²) in [5.41, 5.74) is 8.24. The van der Waals surface area contributed by atoms with E-state index in [1.54, 1.807) is 12.1 Å². The lowest BCUT2D eigenvalue weighted by atomic mass is 10.2. The number of nitrogen functional groups attached to an aromatic ring is 1. The molecule has 0 spiro atoms. The highest BCUT2D eigenvalue weighted by molar-refractivity contribution is 7.22. The summed E-state index contributed by atoms with van der Waals surface area (Å²) in [5, 5.41) is 1.01. The number of thiophene rings is 1. The molecule has 3 nitrogen and oxygen atoms in total. The summed E-state index contributed by atoms with van der Waals surface area (Å²) < 4.78 is 14.1. The summed E-state index contributed by atoms with van der Waals surface area (Å²) in [6, 6.07) is 12.5. The largest absolute Gasteiger partial charge is 0.397 e.